The predicted octanol–water partition coefficient (Wildman–Crippen LogP) is 6.49. The van der Waals surface area contributed by atoms with Crippen molar-refractivity contribution >= 4 is 51.5 Å². The van der Waals surface area contributed by atoms with Gasteiger partial charge in [-0.05, 0) is 72.1 Å². The van der Waals surface area contributed by atoms with E-state index < -0.39 is 5.91 Å². The number of carbonyl (C=O) groups excluding carboxylic acids is 3. The molecule has 4 aromatic carbocycles. The molecule has 0 radical (unpaired) electrons. The molecule has 36 heavy (non-hydrogen) atoms. The molecular formula is C29H25ClN2O4. The Kier molecular flexibility index (Phi) is 7.98. The highest BCUT2D eigenvalue weighted by Gasteiger charge is 2.16. The van der Waals surface area contributed by atoms with Crippen LogP contribution in [0.4, 0.5) is 11.4 Å². The van der Waals surface area contributed by atoms with E-state index in [2.05, 4.69) is 10.6 Å². The largest absolute Gasteiger partial charge is 0.466 e. The number of esters is 1. The number of benzene rings is 4. The lowest BCUT2D eigenvalue weighted by Crippen LogP contribution is -2.18. The fourth-order valence-electron chi connectivity index (χ4n) is 3.82. The number of ether oxygens (including phenoxy) is 1. The highest BCUT2D eigenvalue weighted by molar-refractivity contribution is 6.31. The molecule has 6 nitrogen and oxygen atoms in total. The van der Waals surface area contributed by atoms with Crippen LogP contribution in [0.25, 0.3) is 10.8 Å². The summed E-state index contributed by atoms with van der Waals surface area (Å²) in [5.74, 6) is -1.02. The normalized spacial score (nSPS) is 10.6. The van der Waals surface area contributed by atoms with Crippen molar-refractivity contribution in [1.82, 2.24) is 0 Å². The van der Waals surface area contributed by atoms with E-state index in [0.717, 1.165) is 16.3 Å². The first-order chi connectivity index (χ1) is 17.4. The molecule has 182 valence electrons. The first-order valence-electron chi connectivity index (χ1n) is 11.6. The van der Waals surface area contributed by atoms with Crippen molar-refractivity contribution in [2.24, 2.45) is 0 Å². The van der Waals surface area contributed by atoms with Crippen molar-refractivity contribution in [2.75, 3.05) is 17.2 Å². The quantitative estimate of drug-likeness (QED) is 0.271. The standard InChI is InChI=1S/C29H25ClN2O4/c1-2-36-27(33)15-10-19-6-5-9-24(16-19)31-29(35)25-18-23(30)13-14-26(25)32-28(34)22-12-11-20-7-3-4-8-21(20)17-22/h3-9,11-14,16-18H,2,10,15H2,1H3,(H,31,35)(H,32,34). The number of hydrogen-bond donors (Lipinski definition) is 2. The fourth-order valence-corrected chi connectivity index (χ4v) is 3.99. The lowest BCUT2D eigenvalue weighted by Gasteiger charge is -2.13. The maximum atomic E-state index is 13.1. The van der Waals surface area contributed by atoms with E-state index in [0.29, 0.717) is 35.0 Å². The second-order valence-corrected chi connectivity index (χ2v) is 8.60. The number of aryl methyl sites for hydroxylation is 1. The van der Waals surface area contributed by atoms with Crippen LogP contribution in [0.15, 0.2) is 84.9 Å². The fraction of sp³-hybridized carbons (Fsp3) is 0.138. The molecule has 0 unspecified atom stereocenters. The molecule has 0 spiro atoms. The molecule has 2 amide bonds. The molecule has 0 aliphatic rings. The van der Waals surface area contributed by atoms with Gasteiger partial charge in [-0.15, -0.1) is 0 Å². The summed E-state index contributed by atoms with van der Waals surface area (Å²) in [5, 5.41) is 8.03. The summed E-state index contributed by atoms with van der Waals surface area (Å²) in [6.07, 6.45) is 0.747. The monoisotopic (exact) mass is 500 g/mol. The van der Waals surface area contributed by atoms with Gasteiger partial charge in [-0.3, -0.25) is 14.4 Å². The molecular weight excluding hydrogens is 476 g/mol. The molecule has 0 atom stereocenters. The van der Waals surface area contributed by atoms with Crippen molar-refractivity contribution in [1.29, 1.82) is 0 Å². The van der Waals surface area contributed by atoms with E-state index in [4.69, 9.17) is 16.3 Å². The second-order valence-electron chi connectivity index (χ2n) is 8.17. The van der Waals surface area contributed by atoms with Gasteiger partial charge in [-0.2, -0.15) is 0 Å². The molecule has 0 aromatic heterocycles. The van der Waals surface area contributed by atoms with E-state index in [-0.39, 0.29) is 23.9 Å². The number of rotatable bonds is 8. The number of anilines is 2. The van der Waals surface area contributed by atoms with Gasteiger partial charge in [0.2, 0.25) is 0 Å². The van der Waals surface area contributed by atoms with Gasteiger partial charge in [0.05, 0.1) is 17.9 Å². The zero-order chi connectivity index (χ0) is 25.5. The van der Waals surface area contributed by atoms with E-state index in [1.165, 1.54) is 6.07 Å². The van der Waals surface area contributed by atoms with Crippen LogP contribution in [-0.2, 0) is 16.0 Å². The van der Waals surface area contributed by atoms with Gasteiger partial charge < -0.3 is 15.4 Å². The zero-order valence-electron chi connectivity index (χ0n) is 19.7. The van der Waals surface area contributed by atoms with Crippen LogP contribution in [0.5, 0.6) is 0 Å². The van der Waals surface area contributed by atoms with Crippen LogP contribution in [0.3, 0.4) is 0 Å². The Balaban J connectivity index is 1.50. The van der Waals surface area contributed by atoms with Gasteiger partial charge in [0.15, 0.2) is 0 Å². The highest BCUT2D eigenvalue weighted by atomic mass is 35.5. The van der Waals surface area contributed by atoms with E-state index in [1.807, 2.05) is 42.5 Å². The smallest absolute Gasteiger partial charge is 0.306 e. The Morgan fingerprint density at radius 1 is 0.806 bits per heavy atom. The number of carbonyl (C=O) groups is 3. The summed E-state index contributed by atoms with van der Waals surface area (Å²) in [7, 11) is 0. The molecule has 4 rings (SSSR count). The van der Waals surface area contributed by atoms with Gasteiger partial charge in [-0.25, -0.2) is 0 Å². The maximum Gasteiger partial charge on any atom is 0.306 e. The Bertz CT molecular complexity index is 1430. The summed E-state index contributed by atoms with van der Waals surface area (Å²) in [4.78, 5) is 37.8. The molecule has 0 aliphatic carbocycles. The topological polar surface area (TPSA) is 84.5 Å². The third-order valence-corrected chi connectivity index (χ3v) is 5.83. The first-order valence-corrected chi connectivity index (χ1v) is 12.0. The van der Waals surface area contributed by atoms with Crippen molar-refractivity contribution in [3.63, 3.8) is 0 Å². The lowest BCUT2D eigenvalue weighted by molar-refractivity contribution is -0.143. The molecule has 0 saturated heterocycles. The van der Waals surface area contributed by atoms with Crippen LogP contribution in [0.1, 0.15) is 39.6 Å². The Morgan fingerprint density at radius 2 is 1.61 bits per heavy atom. The average Bonchev–Trinajstić information content (AvgIpc) is 2.88. The van der Waals surface area contributed by atoms with Gasteiger partial charge in [0, 0.05) is 22.7 Å². The Hall–Kier alpha value is -4.16. The number of nitrogens with one attached hydrogen (secondary N) is 2. The van der Waals surface area contributed by atoms with Crippen LogP contribution >= 0.6 is 11.6 Å². The molecule has 4 aromatic rings. The molecule has 0 heterocycles. The molecule has 0 saturated carbocycles. The minimum absolute atomic E-state index is 0.230. The minimum Gasteiger partial charge on any atom is -0.466 e. The van der Waals surface area contributed by atoms with Gasteiger partial charge >= 0.3 is 5.97 Å². The third-order valence-electron chi connectivity index (χ3n) is 5.59. The van der Waals surface area contributed by atoms with E-state index >= 15 is 0 Å². The summed E-state index contributed by atoms with van der Waals surface area (Å²) in [6.45, 7) is 2.11. The number of fused-ring (bicyclic) bond motifs is 1. The van der Waals surface area contributed by atoms with E-state index in [1.54, 1.807) is 43.3 Å². The lowest BCUT2D eigenvalue weighted by atomic mass is 10.1. The SMILES string of the molecule is CCOC(=O)CCc1cccc(NC(=O)c2cc(Cl)ccc2NC(=O)c2ccc3ccccc3c2)c1. The van der Waals surface area contributed by atoms with Crippen molar-refractivity contribution in [3.8, 4) is 0 Å². The Morgan fingerprint density at radius 3 is 2.42 bits per heavy atom. The first kappa shape index (κ1) is 24.9. The number of amides is 2. The average molecular weight is 501 g/mol. The van der Waals surface area contributed by atoms with Crippen molar-refractivity contribution in [2.45, 2.75) is 19.8 Å². The molecule has 0 aliphatic heterocycles. The maximum absolute atomic E-state index is 13.1. The summed E-state index contributed by atoms with van der Waals surface area (Å²) in [6, 6.07) is 25.2. The van der Waals surface area contributed by atoms with Crippen LogP contribution < -0.4 is 10.6 Å². The van der Waals surface area contributed by atoms with Gasteiger partial charge in [0.25, 0.3) is 11.8 Å². The highest BCUT2D eigenvalue weighted by Crippen LogP contribution is 2.24. The molecule has 0 fully saturated rings. The van der Waals surface area contributed by atoms with Crippen molar-refractivity contribution < 1.29 is 19.1 Å². The summed E-state index contributed by atoms with van der Waals surface area (Å²) < 4.78 is 4.97. The molecule has 7 heteroatoms. The third kappa shape index (κ3) is 6.29. The summed E-state index contributed by atoms with van der Waals surface area (Å²) >= 11 is 6.17. The number of hydrogen-bond acceptors (Lipinski definition) is 4. The van der Waals surface area contributed by atoms with Gasteiger partial charge in [-0.1, -0.05) is 54.1 Å². The molecule has 0 bridgehead atoms. The predicted molar refractivity (Wildman–Crippen MR) is 143 cm³/mol. The van der Waals surface area contributed by atoms with Gasteiger partial charge in [0.1, 0.15) is 0 Å². The Labute approximate surface area is 214 Å². The minimum atomic E-state index is -0.422. The molecule has 2 N–H and O–H groups in total. The zero-order valence-corrected chi connectivity index (χ0v) is 20.5. The number of halogens is 1. The van der Waals surface area contributed by atoms with E-state index in [9.17, 15) is 14.4 Å². The van der Waals surface area contributed by atoms with Crippen LogP contribution in [0.2, 0.25) is 5.02 Å². The van der Waals surface area contributed by atoms with Crippen molar-refractivity contribution in [3.05, 3.63) is 107 Å². The summed E-state index contributed by atoms with van der Waals surface area (Å²) in [5.41, 5.74) is 2.50. The second kappa shape index (κ2) is 11.5. The van der Waals surface area contributed by atoms with Crippen LogP contribution in [-0.4, -0.2) is 24.4 Å². The van der Waals surface area contributed by atoms with Crippen LogP contribution in [0, 0.1) is 0 Å².